The fourth-order valence-corrected chi connectivity index (χ4v) is 3.67. The number of pyridine rings is 1. The number of benzene rings is 2. The molecule has 0 radical (unpaired) electrons. The van der Waals surface area contributed by atoms with Crippen LogP contribution in [0.5, 0.6) is 0 Å². The van der Waals surface area contributed by atoms with E-state index in [1.165, 1.54) is 17.0 Å². The molecule has 2 atom stereocenters. The Kier molecular flexibility index (Phi) is 4.61. The first kappa shape index (κ1) is 17.9. The van der Waals surface area contributed by atoms with E-state index < -0.39 is 12.0 Å². The van der Waals surface area contributed by atoms with Gasteiger partial charge in [0.05, 0.1) is 12.0 Å². The number of nitrogens with zero attached hydrogens (tertiary/aromatic N) is 2. The van der Waals surface area contributed by atoms with Crippen molar-refractivity contribution in [2.45, 2.75) is 12.0 Å². The summed E-state index contributed by atoms with van der Waals surface area (Å²) in [7, 11) is 1.66. The van der Waals surface area contributed by atoms with Gasteiger partial charge in [0.25, 0.3) is 5.91 Å². The highest BCUT2D eigenvalue weighted by atomic mass is 19.1. The summed E-state index contributed by atoms with van der Waals surface area (Å²) in [5, 5.41) is 2.84. The number of hydrogen-bond donors (Lipinski definition) is 1. The smallest absolute Gasteiger partial charge is 0.254 e. The Bertz CT molecular complexity index is 1020. The topological polar surface area (TPSA) is 62.3 Å². The van der Waals surface area contributed by atoms with Crippen molar-refractivity contribution in [1.82, 2.24) is 9.88 Å². The van der Waals surface area contributed by atoms with E-state index in [2.05, 4.69) is 10.3 Å². The first-order chi connectivity index (χ1) is 13.6. The first-order valence-corrected chi connectivity index (χ1v) is 8.89. The van der Waals surface area contributed by atoms with Gasteiger partial charge in [0.15, 0.2) is 0 Å². The molecule has 0 spiro atoms. The average molecular weight is 375 g/mol. The molecular formula is C22H18FN3O2. The number of carbonyl (C=O) groups excluding carboxylic acids is 2. The molecule has 1 N–H and O–H groups in total. The molecule has 2 unspecified atom stereocenters. The first-order valence-electron chi connectivity index (χ1n) is 8.89. The van der Waals surface area contributed by atoms with Gasteiger partial charge in [-0.1, -0.05) is 36.4 Å². The highest BCUT2D eigenvalue weighted by Gasteiger charge is 2.42. The minimum atomic E-state index is -0.661. The number of likely N-dealkylation sites (N-methyl/N-ethyl adjacent to an activating group) is 1. The lowest BCUT2D eigenvalue weighted by atomic mass is 9.79. The molecule has 0 fully saturated rings. The Hall–Kier alpha value is -3.54. The molecule has 6 heteroatoms. The van der Waals surface area contributed by atoms with Crippen molar-refractivity contribution in [2.24, 2.45) is 0 Å². The number of amides is 2. The maximum atomic E-state index is 13.4. The van der Waals surface area contributed by atoms with E-state index in [0.717, 1.165) is 0 Å². The molecule has 28 heavy (non-hydrogen) atoms. The lowest BCUT2D eigenvalue weighted by Gasteiger charge is -2.39. The monoisotopic (exact) mass is 375 g/mol. The minimum Gasteiger partial charge on any atom is -0.334 e. The van der Waals surface area contributed by atoms with Gasteiger partial charge in [-0.25, -0.2) is 9.37 Å². The largest absolute Gasteiger partial charge is 0.334 e. The highest BCUT2D eigenvalue weighted by Crippen LogP contribution is 2.42. The molecular weight excluding hydrogens is 357 g/mol. The highest BCUT2D eigenvalue weighted by molar-refractivity contribution is 6.04. The summed E-state index contributed by atoms with van der Waals surface area (Å²) in [6.07, 6.45) is 1.59. The summed E-state index contributed by atoms with van der Waals surface area (Å²) >= 11 is 0. The number of aromatic nitrogens is 1. The van der Waals surface area contributed by atoms with Crippen LogP contribution in [0.2, 0.25) is 0 Å². The van der Waals surface area contributed by atoms with Gasteiger partial charge >= 0.3 is 0 Å². The van der Waals surface area contributed by atoms with Crippen LogP contribution >= 0.6 is 0 Å². The number of fused-ring (bicyclic) bond motifs is 1. The van der Waals surface area contributed by atoms with Crippen LogP contribution in [0.3, 0.4) is 0 Å². The second-order valence-corrected chi connectivity index (χ2v) is 6.68. The van der Waals surface area contributed by atoms with E-state index in [-0.39, 0.29) is 17.6 Å². The van der Waals surface area contributed by atoms with Crippen molar-refractivity contribution in [3.05, 3.63) is 95.4 Å². The maximum absolute atomic E-state index is 13.4. The normalized spacial score (nSPS) is 18.5. The van der Waals surface area contributed by atoms with Gasteiger partial charge in [0.2, 0.25) is 5.91 Å². The molecule has 1 aliphatic rings. The van der Waals surface area contributed by atoms with Crippen LogP contribution in [0.25, 0.3) is 0 Å². The third kappa shape index (κ3) is 3.13. The van der Waals surface area contributed by atoms with Crippen molar-refractivity contribution < 1.29 is 14.0 Å². The molecule has 2 amide bonds. The second-order valence-electron chi connectivity index (χ2n) is 6.68. The van der Waals surface area contributed by atoms with Crippen LogP contribution in [0.15, 0.2) is 72.9 Å². The Labute approximate surface area is 161 Å². The Morgan fingerprint density at radius 1 is 1.04 bits per heavy atom. The predicted molar refractivity (Wildman–Crippen MR) is 103 cm³/mol. The molecule has 0 aliphatic carbocycles. The van der Waals surface area contributed by atoms with E-state index in [1.54, 1.807) is 67.8 Å². The van der Waals surface area contributed by atoms with Crippen LogP contribution in [0.4, 0.5) is 10.2 Å². The van der Waals surface area contributed by atoms with Crippen LogP contribution in [0, 0.1) is 5.82 Å². The molecule has 140 valence electrons. The molecule has 0 saturated heterocycles. The molecule has 3 aromatic rings. The van der Waals surface area contributed by atoms with Crippen molar-refractivity contribution in [2.75, 3.05) is 12.4 Å². The number of hydrogen-bond acceptors (Lipinski definition) is 3. The zero-order chi connectivity index (χ0) is 19.7. The van der Waals surface area contributed by atoms with E-state index in [0.29, 0.717) is 22.5 Å². The van der Waals surface area contributed by atoms with Gasteiger partial charge in [-0.05, 0) is 41.5 Å². The van der Waals surface area contributed by atoms with Crippen molar-refractivity contribution in [3.8, 4) is 0 Å². The van der Waals surface area contributed by atoms with Gasteiger partial charge in [0.1, 0.15) is 11.6 Å². The Morgan fingerprint density at radius 3 is 2.46 bits per heavy atom. The van der Waals surface area contributed by atoms with Crippen LogP contribution in [-0.2, 0) is 4.79 Å². The van der Waals surface area contributed by atoms with Gasteiger partial charge in [-0.2, -0.15) is 0 Å². The number of carbonyl (C=O) groups is 2. The molecule has 2 aromatic carbocycles. The average Bonchev–Trinajstić information content (AvgIpc) is 2.72. The Balaban J connectivity index is 1.81. The molecule has 0 bridgehead atoms. The molecule has 4 rings (SSSR count). The van der Waals surface area contributed by atoms with Crippen LogP contribution < -0.4 is 5.32 Å². The third-order valence-electron chi connectivity index (χ3n) is 4.99. The maximum Gasteiger partial charge on any atom is 0.254 e. The molecule has 5 nitrogen and oxygen atoms in total. The summed E-state index contributed by atoms with van der Waals surface area (Å²) < 4.78 is 13.4. The predicted octanol–water partition coefficient (Wildman–Crippen LogP) is 3.77. The second kappa shape index (κ2) is 7.23. The summed E-state index contributed by atoms with van der Waals surface area (Å²) in [5.74, 6) is -1.05. The summed E-state index contributed by atoms with van der Waals surface area (Å²) in [4.78, 5) is 31.9. The number of nitrogens with one attached hydrogen (secondary N) is 1. The van der Waals surface area contributed by atoms with E-state index in [1.807, 2.05) is 0 Å². The fourth-order valence-electron chi connectivity index (χ4n) is 3.67. The minimum absolute atomic E-state index is 0.174. The van der Waals surface area contributed by atoms with Crippen LogP contribution in [0.1, 0.15) is 33.4 Å². The molecule has 1 aliphatic heterocycles. The van der Waals surface area contributed by atoms with E-state index >= 15 is 0 Å². The van der Waals surface area contributed by atoms with E-state index in [9.17, 15) is 14.0 Å². The van der Waals surface area contributed by atoms with Gasteiger partial charge in [-0.3, -0.25) is 9.59 Å². The van der Waals surface area contributed by atoms with Gasteiger partial charge in [0, 0.05) is 18.8 Å². The van der Waals surface area contributed by atoms with Gasteiger partial charge < -0.3 is 10.2 Å². The zero-order valence-electron chi connectivity index (χ0n) is 15.2. The SMILES string of the molecule is CN1C(=O)c2ccccc2C(C(=O)Nc2ccccn2)C1c1ccc(F)cc1. The summed E-state index contributed by atoms with van der Waals surface area (Å²) in [6, 6.07) is 17.7. The Morgan fingerprint density at radius 2 is 1.75 bits per heavy atom. The van der Waals surface area contributed by atoms with Crippen LogP contribution in [-0.4, -0.2) is 28.7 Å². The van der Waals surface area contributed by atoms with E-state index in [4.69, 9.17) is 0 Å². The van der Waals surface area contributed by atoms with Gasteiger partial charge in [-0.15, -0.1) is 0 Å². The lowest BCUT2D eigenvalue weighted by Crippen LogP contribution is -2.44. The summed E-state index contributed by atoms with van der Waals surface area (Å²) in [6.45, 7) is 0. The number of halogens is 1. The van der Waals surface area contributed by atoms with Crippen molar-refractivity contribution >= 4 is 17.6 Å². The van der Waals surface area contributed by atoms with Crippen molar-refractivity contribution in [1.29, 1.82) is 0 Å². The molecule has 1 aromatic heterocycles. The third-order valence-corrected chi connectivity index (χ3v) is 4.99. The summed E-state index contributed by atoms with van der Waals surface area (Å²) in [5.41, 5.74) is 1.82. The standard InChI is InChI=1S/C22H18FN3O2/c1-26-20(14-9-11-15(23)12-10-14)19(16-6-2-3-7-17(16)22(26)28)21(27)25-18-8-4-5-13-24-18/h2-13,19-20H,1H3,(H,24,25,27). The quantitative estimate of drug-likeness (QED) is 0.758. The number of anilines is 1. The molecule has 2 heterocycles. The number of rotatable bonds is 3. The fraction of sp³-hybridized carbons (Fsp3) is 0.136. The molecule has 0 saturated carbocycles. The zero-order valence-corrected chi connectivity index (χ0v) is 15.2. The van der Waals surface area contributed by atoms with Crippen molar-refractivity contribution in [3.63, 3.8) is 0 Å². The lowest BCUT2D eigenvalue weighted by molar-refractivity contribution is -0.119.